The summed E-state index contributed by atoms with van der Waals surface area (Å²) in [6.45, 7) is 9.90. The quantitative estimate of drug-likeness (QED) is 0.808. The number of nitrogens with zero attached hydrogens (tertiary/aromatic N) is 3. The van der Waals surface area contributed by atoms with Crippen LogP contribution in [0.5, 0.6) is 0 Å². The van der Waals surface area contributed by atoms with Crippen molar-refractivity contribution >= 4 is 11.8 Å². The molecule has 6 nitrogen and oxygen atoms in total. The molecule has 2 saturated heterocycles. The third-order valence-electron chi connectivity index (χ3n) is 5.90. The zero-order valence-corrected chi connectivity index (χ0v) is 16.0. The van der Waals surface area contributed by atoms with E-state index < -0.39 is 0 Å². The Morgan fingerprint density at radius 3 is 2.62 bits per heavy atom. The molecule has 6 heteroatoms. The van der Waals surface area contributed by atoms with Crippen molar-refractivity contribution in [3.8, 4) is 0 Å². The molecule has 0 bridgehead atoms. The topological polar surface area (TPSA) is 62.7 Å². The summed E-state index contributed by atoms with van der Waals surface area (Å²) in [5.41, 5.74) is 1.47. The monoisotopic (exact) mass is 359 g/mol. The highest BCUT2D eigenvalue weighted by molar-refractivity contribution is 5.92. The number of aromatic nitrogens is 1. The van der Waals surface area contributed by atoms with Gasteiger partial charge in [-0.15, -0.1) is 0 Å². The summed E-state index contributed by atoms with van der Waals surface area (Å²) in [6, 6.07) is 3.70. The molecule has 2 amide bonds. The van der Waals surface area contributed by atoms with Gasteiger partial charge in [0.1, 0.15) is 5.69 Å². The lowest BCUT2D eigenvalue weighted by molar-refractivity contribution is -0.133. The van der Waals surface area contributed by atoms with Crippen molar-refractivity contribution in [2.75, 3.05) is 39.4 Å². The van der Waals surface area contributed by atoms with E-state index in [1.165, 1.54) is 0 Å². The van der Waals surface area contributed by atoms with E-state index in [1.807, 2.05) is 36.6 Å². The van der Waals surface area contributed by atoms with Crippen LogP contribution < -0.4 is 0 Å². The molecule has 1 aromatic heterocycles. The van der Waals surface area contributed by atoms with E-state index >= 15 is 0 Å². The predicted molar refractivity (Wildman–Crippen MR) is 98.8 cm³/mol. The molecule has 0 aliphatic carbocycles. The maximum absolute atomic E-state index is 12.7. The molecule has 0 N–H and O–H groups in total. The first-order valence-electron chi connectivity index (χ1n) is 9.59. The smallest absolute Gasteiger partial charge is 0.272 e. The van der Waals surface area contributed by atoms with Crippen LogP contribution in [0.2, 0.25) is 0 Å². The number of piperidine rings is 1. The van der Waals surface area contributed by atoms with Gasteiger partial charge in [-0.2, -0.15) is 0 Å². The van der Waals surface area contributed by atoms with Crippen LogP contribution in [-0.4, -0.2) is 66.0 Å². The molecule has 2 aliphatic heterocycles. The highest BCUT2D eigenvalue weighted by atomic mass is 16.5. The van der Waals surface area contributed by atoms with Crippen molar-refractivity contribution in [3.05, 3.63) is 29.6 Å². The Morgan fingerprint density at radius 1 is 1.31 bits per heavy atom. The van der Waals surface area contributed by atoms with Crippen LogP contribution >= 0.6 is 0 Å². The summed E-state index contributed by atoms with van der Waals surface area (Å²) < 4.78 is 5.62. The second-order valence-electron chi connectivity index (χ2n) is 7.44. The minimum Gasteiger partial charge on any atom is -0.381 e. The molecule has 0 radical (unpaired) electrons. The fraction of sp³-hybridized carbons (Fsp3) is 0.650. The van der Waals surface area contributed by atoms with Gasteiger partial charge in [0, 0.05) is 44.4 Å². The van der Waals surface area contributed by atoms with Crippen molar-refractivity contribution < 1.29 is 14.3 Å². The van der Waals surface area contributed by atoms with Crippen LogP contribution in [0.25, 0.3) is 0 Å². The largest absolute Gasteiger partial charge is 0.381 e. The van der Waals surface area contributed by atoms with Crippen LogP contribution in [0.3, 0.4) is 0 Å². The summed E-state index contributed by atoms with van der Waals surface area (Å²) in [6.07, 6.45) is 3.40. The Hall–Kier alpha value is -1.95. The van der Waals surface area contributed by atoms with Gasteiger partial charge in [0.25, 0.3) is 5.91 Å². The van der Waals surface area contributed by atoms with Crippen LogP contribution in [0.1, 0.15) is 42.7 Å². The van der Waals surface area contributed by atoms with Gasteiger partial charge in [0.05, 0.1) is 12.5 Å². The zero-order chi connectivity index (χ0) is 18.7. The highest BCUT2D eigenvalue weighted by Crippen LogP contribution is 2.45. The van der Waals surface area contributed by atoms with E-state index in [-0.39, 0.29) is 23.1 Å². The minimum atomic E-state index is -0.0860. The van der Waals surface area contributed by atoms with E-state index in [0.29, 0.717) is 32.0 Å². The number of ether oxygens (including phenoxy) is 1. The van der Waals surface area contributed by atoms with Gasteiger partial charge in [-0.3, -0.25) is 14.6 Å². The number of rotatable bonds is 5. The van der Waals surface area contributed by atoms with Crippen molar-refractivity contribution in [2.45, 2.75) is 33.6 Å². The third kappa shape index (κ3) is 3.47. The number of likely N-dealkylation sites (tertiary alicyclic amines) is 2. The second-order valence-corrected chi connectivity index (χ2v) is 7.44. The van der Waals surface area contributed by atoms with Gasteiger partial charge >= 0.3 is 0 Å². The maximum atomic E-state index is 12.7. The number of amides is 2. The summed E-state index contributed by atoms with van der Waals surface area (Å²) in [7, 11) is 0. The molecular formula is C20H29N3O3. The first-order valence-corrected chi connectivity index (χ1v) is 9.59. The molecular weight excluding hydrogens is 330 g/mol. The highest BCUT2D eigenvalue weighted by Gasteiger charge is 2.53. The van der Waals surface area contributed by atoms with Crippen LogP contribution in [-0.2, 0) is 9.53 Å². The average molecular weight is 359 g/mol. The Morgan fingerprint density at radius 2 is 2.04 bits per heavy atom. The average Bonchev–Trinajstić information content (AvgIpc) is 2.92. The van der Waals surface area contributed by atoms with Gasteiger partial charge in [0.15, 0.2) is 0 Å². The number of pyridine rings is 1. The molecule has 0 saturated carbocycles. The molecule has 0 unspecified atom stereocenters. The molecule has 26 heavy (non-hydrogen) atoms. The molecule has 3 rings (SSSR count). The van der Waals surface area contributed by atoms with Crippen molar-refractivity contribution in [1.82, 2.24) is 14.8 Å². The first kappa shape index (κ1) is 18.8. The molecule has 1 spiro atoms. The summed E-state index contributed by atoms with van der Waals surface area (Å²) in [5.74, 6) is 0.107. The van der Waals surface area contributed by atoms with Gasteiger partial charge in [-0.25, -0.2) is 0 Å². The number of aryl methyl sites for hydroxylation is 1. The molecule has 3 heterocycles. The lowest BCUT2D eigenvalue weighted by Gasteiger charge is -2.41. The minimum absolute atomic E-state index is 0.0159. The molecule has 2 fully saturated rings. The van der Waals surface area contributed by atoms with E-state index in [9.17, 15) is 9.59 Å². The first-order chi connectivity index (χ1) is 12.5. The van der Waals surface area contributed by atoms with Gasteiger partial charge in [-0.05, 0) is 45.2 Å². The number of carbonyl (C=O) groups excluding carboxylic acids is 2. The second kappa shape index (κ2) is 7.74. The van der Waals surface area contributed by atoms with E-state index in [0.717, 1.165) is 31.5 Å². The number of hydrogen-bond acceptors (Lipinski definition) is 4. The molecule has 1 atom stereocenters. The van der Waals surface area contributed by atoms with Gasteiger partial charge in [0.2, 0.25) is 5.91 Å². The third-order valence-corrected chi connectivity index (χ3v) is 5.90. The van der Waals surface area contributed by atoms with Gasteiger partial charge < -0.3 is 14.5 Å². The summed E-state index contributed by atoms with van der Waals surface area (Å²) >= 11 is 0. The SMILES string of the molecule is CCOC[C@H]1C(=O)N(CC)CC12CCN(C(=O)c1ccc(C)cn1)CC2. The Balaban J connectivity index is 1.70. The van der Waals surface area contributed by atoms with Crippen LogP contribution in [0.4, 0.5) is 0 Å². The van der Waals surface area contributed by atoms with E-state index in [1.54, 1.807) is 12.3 Å². The fourth-order valence-corrected chi connectivity index (χ4v) is 4.22. The van der Waals surface area contributed by atoms with Gasteiger partial charge in [-0.1, -0.05) is 6.07 Å². The molecule has 1 aromatic rings. The van der Waals surface area contributed by atoms with Crippen molar-refractivity contribution in [2.24, 2.45) is 11.3 Å². The number of carbonyl (C=O) groups is 2. The Bertz CT molecular complexity index is 651. The molecule has 142 valence electrons. The summed E-state index contributed by atoms with van der Waals surface area (Å²) in [5, 5.41) is 0. The summed E-state index contributed by atoms with van der Waals surface area (Å²) in [4.78, 5) is 33.5. The predicted octanol–water partition coefficient (Wildman–Crippen LogP) is 2.13. The molecule has 2 aliphatic rings. The fourth-order valence-electron chi connectivity index (χ4n) is 4.22. The van der Waals surface area contributed by atoms with E-state index in [2.05, 4.69) is 4.98 Å². The molecule has 0 aromatic carbocycles. The van der Waals surface area contributed by atoms with Crippen molar-refractivity contribution in [1.29, 1.82) is 0 Å². The normalized spacial score (nSPS) is 22.3. The zero-order valence-electron chi connectivity index (χ0n) is 16.0. The van der Waals surface area contributed by atoms with Crippen LogP contribution in [0, 0.1) is 18.3 Å². The Labute approximate surface area is 155 Å². The lowest BCUT2D eigenvalue weighted by Crippen LogP contribution is -2.47. The lowest BCUT2D eigenvalue weighted by atomic mass is 9.71. The van der Waals surface area contributed by atoms with Crippen molar-refractivity contribution in [3.63, 3.8) is 0 Å². The Kier molecular flexibility index (Phi) is 5.61. The maximum Gasteiger partial charge on any atom is 0.272 e. The van der Waals surface area contributed by atoms with Crippen LogP contribution in [0.15, 0.2) is 18.3 Å². The van der Waals surface area contributed by atoms with E-state index in [4.69, 9.17) is 4.74 Å². The number of hydrogen-bond donors (Lipinski definition) is 0. The standard InChI is InChI=1S/C20H29N3O3/c1-4-22-14-20(16(18(22)24)13-26-5-2)8-10-23(11-9-20)19(25)17-7-6-15(3)12-21-17/h6-7,12,16H,4-5,8-11,13-14H2,1-3H3/t16-/m0/s1.